The maximum Gasteiger partial charge on any atom is 0.312 e. The number of piperidine rings is 1. The molecule has 1 aliphatic heterocycles. The molecule has 0 saturated carbocycles. The van der Waals surface area contributed by atoms with E-state index < -0.39 is 0 Å². The van der Waals surface area contributed by atoms with Crippen molar-refractivity contribution in [2.45, 2.75) is 91.3 Å². The molecule has 0 radical (unpaired) electrons. The Bertz CT molecular complexity index is 314. The number of nitrogens with one attached hydrogen (secondary N) is 1. The van der Waals surface area contributed by atoms with Crippen LogP contribution in [0.1, 0.15) is 74.1 Å². The Balaban J connectivity index is 2.74. The van der Waals surface area contributed by atoms with Gasteiger partial charge in [0.05, 0.1) is 5.41 Å². The van der Waals surface area contributed by atoms with Gasteiger partial charge in [-0.25, -0.2) is 0 Å². The van der Waals surface area contributed by atoms with Crippen molar-refractivity contribution in [1.29, 1.82) is 0 Å². The van der Waals surface area contributed by atoms with Crippen LogP contribution in [0, 0.1) is 5.41 Å². The molecule has 1 saturated heterocycles. The predicted molar refractivity (Wildman–Crippen MR) is 79.1 cm³/mol. The van der Waals surface area contributed by atoms with Crippen molar-refractivity contribution in [3.05, 3.63) is 0 Å². The minimum absolute atomic E-state index is 0.0154. The second-order valence-electron chi connectivity index (χ2n) is 7.60. The van der Waals surface area contributed by atoms with E-state index in [0.717, 1.165) is 25.7 Å². The third kappa shape index (κ3) is 4.20. The first kappa shape index (κ1) is 16.5. The van der Waals surface area contributed by atoms with Crippen LogP contribution in [0.25, 0.3) is 0 Å². The van der Waals surface area contributed by atoms with Gasteiger partial charge < -0.3 is 10.1 Å². The summed E-state index contributed by atoms with van der Waals surface area (Å²) >= 11 is 0. The van der Waals surface area contributed by atoms with Gasteiger partial charge in [0, 0.05) is 23.9 Å². The van der Waals surface area contributed by atoms with Crippen molar-refractivity contribution in [1.82, 2.24) is 5.32 Å². The van der Waals surface area contributed by atoms with E-state index >= 15 is 0 Å². The van der Waals surface area contributed by atoms with Crippen LogP contribution in [0.2, 0.25) is 0 Å². The highest BCUT2D eigenvalue weighted by atomic mass is 16.5. The fraction of sp³-hybridized carbons (Fsp3) is 0.938. The van der Waals surface area contributed by atoms with E-state index in [1.807, 2.05) is 6.92 Å². The summed E-state index contributed by atoms with van der Waals surface area (Å²) < 4.78 is 5.83. The number of carbonyl (C=O) groups excluding carboxylic acids is 1. The molecule has 1 aliphatic rings. The summed E-state index contributed by atoms with van der Waals surface area (Å²) in [7, 11) is 0. The first-order chi connectivity index (χ1) is 8.53. The monoisotopic (exact) mass is 269 g/mol. The van der Waals surface area contributed by atoms with E-state index in [4.69, 9.17) is 4.74 Å². The lowest BCUT2D eigenvalue weighted by molar-refractivity contribution is -0.165. The summed E-state index contributed by atoms with van der Waals surface area (Å²) in [4.78, 5) is 12.4. The smallest absolute Gasteiger partial charge is 0.312 e. The van der Waals surface area contributed by atoms with Crippen LogP contribution in [0.3, 0.4) is 0 Å². The number of esters is 1. The topological polar surface area (TPSA) is 38.3 Å². The van der Waals surface area contributed by atoms with Crippen LogP contribution >= 0.6 is 0 Å². The molecule has 1 heterocycles. The molecule has 0 spiro atoms. The van der Waals surface area contributed by atoms with Crippen molar-refractivity contribution in [2.24, 2.45) is 5.41 Å². The molecule has 0 unspecified atom stereocenters. The van der Waals surface area contributed by atoms with Crippen molar-refractivity contribution >= 4 is 5.97 Å². The van der Waals surface area contributed by atoms with Crippen molar-refractivity contribution < 1.29 is 9.53 Å². The van der Waals surface area contributed by atoms with Gasteiger partial charge in [-0.3, -0.25) is 4.79 Å². The number of hydrogen-bond acceptors (Lipinski definition) is 3. The summed E-state index contributed by atoms with van der Waals surface area (Å²) in [6.45, 7) is 14.8. The number of rotatable bonds is 4. The SMILES string of the molecule is CCC(C)(CC)C(=O)OC1CC(C)(C)NC(C)(C)C1. The standard InChI is InChI=1S/C16H31NO2/c1-8-16(7,9-2)13(18)19-12-10-14(3,4)17-15(5,6)11-12/h12,17H,8-11H2,1-7H3. The maximum absolute atomic E-state index is 12.4. The van der Waals surface area contributed by atoms with E-state index in [0.29, 0.717) is 0 Å². The molecule has 0 aliphatic carbocycles. The van der Waals surface area contributed by atoms with Gasteiger partial charge in [0.2, 0.25) is 0 Å². The van der Waals surface area contributed by atoms with E-state index in [9.17, 15) is 4.79 Å². The van der Waals surface area contributed by atoms with Crippen LogP contribution in [-0.4, -0.2) is 23.2 Å². The Morgan fingerprint density at radius 2 is 1.58 bits per heavy atom. The van der Waals surface area contributed by atoms with Crippen LogP contribution in [0.5, 0.6) is 0 Å². The Hall–Kier alpha value is -0.570. The van der Waals surface area contributed by atoms with Gasteiger partial charge in [0.1, 0.15) is 6.10 Å². The lowest BCUT2D eigenvalue weighted by atomic mass is 9.80. The highest BCUT2D eigenvalue weighted by molar-refractivity contribution is 5.76. The summed E-state index contributed by atoms with van der Waals surface area (Å²) in [6, 6.07) is 0. The highest BCUT2D eigenvalue weighted by Gasteiger charge is 2.41. The molecule has 1 rings (SSSR count). The molecular weight excluding hydrogens is 238 g/mol. The van der Waals surface area contributed by atoms with E-state index in [1.165, 1.54) is 0 Å². The third-order valence-electron chi connectivity index (χ3n) is 4.48. The first-order valence-corrected chi connectivity index (χ1v) is 7.54. The normalized spacial score (nSPS) is 23.1. The van der Waals surface area contributed by atoms with Crippen LogP contribution in [0.15, 0.2) is 0 Å². The summed E-state index contributed by atoms with van der Waals surface area (Å²) in [5.74, 6) is -0.0315. The molecule has 0 aromatic carbocycles. The predicted octanol–water partition coefficient (Wildman–Crippen LogP) is 3.67. The molecule has 0 aromatic rings. The van der Waals surface area contributed by atoms with Crippen LogP contribution < -0.4 is 5.32 Å². The largest absolute Gasteiger partial charge is 0.462 e. The molecule has 0 amide bonds. The summed E-state index contributed by atoms with van der Waals surface area (Å²) in [5.41, 5.74) is -0.303. The maximum atomic E-state index is 12.4. The fourth-order valence-electron chi connectivity index (χ4n) is 3.14. The van der Waals surface area contributed by atoms with Crippen LogP contribution in [-0.2, 0) is 9.53 Å². The van der Waals surface area contributed by atoms with Crippen molar-refractivity contribution in [3.63, 3.8) is 0 Å². The summed E-state index contributed by atoms with van der Waals surface area (Å²) in [6.07, 6.45) is 3.45. The fourth-order valence-corrected chi connectivity index (χ4v) is 3.14. The first-order valence-electron chi connectivity index (χ1n) is 7.54. The van der Waals surface area contributed by atoms with Gasteiger partial charge in [-0.1, -0.05) is 13.8 Å². The van der Waals surface area contributed by atoms with Crippen molar-refractivity contribution in [2.75, 3.05) is 0 Å². The Kier molecular flexibility index (Phi) is 4.71. The Labute approximate surface area is 118 Å². The minimum atomic E-state index is -0.334. The molecule has 112 valence electrons. The molecule has 0 atom stereocenters. The highest BCUT2D eigenvalue weighted by Crippen LogP contribution is 2.33. The van der Waals surface area contributed by atoms with Crippen molar-refractivity contribution in [3.8, 4) is 0 Å². The van der Waals surface area contributed by atoms with Gasteiger partial charge in [0.15, 0.2) is 0 Å². The minimum Gasteiger partial charge on any atom is -0.462 e. The second kappa shape index (κ2) is 5.43. The Morgan fingerprint density at radius 3 is 1.95 bits per heavy atom. The molecular formula is C16H31NO2. The zero-order valence-corrected chi connectivity index (χ0v) is 13.7. The molecule has 0 aromatic heterocycles. The number of hydrogen-bond donors (Lipinski definition) is 1. The van der Waals surface area contributed by atoms with E-state index in [2.05, 4.69) is 46.9 Å². The molecule has 1 fully saturated rings. The van der Waals surface area contributed by atoms with Gasteiger partial charge in [-0.2, -0.15) is 0 Å². The van der Waals surface area contributed by atoms with Crippen LogP contribution in [0.4, 0.5) is 0 Å². The third-order valence-corrected chi connectivity index (χ3v) is 4.48. The number of carbonyl (C=O) groups is 1. The quantitative estimate of drug-likeness (QED) is 0.791. The second-order valence-corrected chi connectivity index (χ2v) is 7.60. The average molecular weight is 269 g/mol. The van der Waals surface area contributed by atoms with Gasteiger partial charge in [0.25, 0.3) is 0 Å². The van der Waals surface area contributed by atoms with Gasteiger partial charge >= 0.3 is 5.97 Å². The molecule has 3 nitrogen and oxygen atoms in total. The zero-order chi connectivity index (χ0) is 14.9. The molecule has 1 N–H and O–H groups in total. The zero-order valence-electron chi connectivity index (χ0n) is 13.7. The van der Waals surface area contributed by atoms with E-state index in [-0.39, 0.29) is 28.6 Å². The molecule has 3 heteroatoms. The van der Waals surface area contributed by atoms with Gasteiger partial charge in [-0.15, -0.1) is 0 Å². The lowest BCUT2D eigenvalue weighted by Crippen LogP contribution is -2.60. The molecule has 0 bridgehead atoms. The van der Waals surface area contributed by atoms with Gasteiger partial charge in [-0.05, 0) is 47.5 Å². The summed E-state index contributed by atoms with van der Waals surface area (Å²) in [5, 5.41) is 3.61. The molecule has 19 heavy (non-hydrogen) atoms. The Morgan fingerprint density at radius 1 is 1.16 bits per heavy atom. The number of ether oxygens (including phenoxy) is 1. The van der Waals surface area contributed by atoms with E-state index in [1.54, 1.807) is 0 Å². The lowest BCUT2D eigenvalue weighted by Gasteiger charge is -2.46. The average Bonchev–Trinajstić information content (AvgIpc) is 2.23.